The first-order valence-electron chi connectivity index (χ1n) is 10.9. The molecule has 8 heteroatoms. The zero-order valence-corrected chi connectivity index (χ0v) is 20.7. The maximum absolute atomic E-state index is 10.1. The number of rotatable bonds is 6. The first kappa shape index (κ1) is 29.5. The lowest BCUT2D eigenvalue weighted by molar-refractivity contribution is -0.138. The number of phenols is 2. The molecule has 0 saturated carbocycles. The number of phenolic OH excluding ortho intramolecular Hbond substituents is 2. The van der Waals surface area contributed by atoms with Crippen molar-refractivity contribution in [2.75, 3.05) is 32.3 Å². The second kappa shape index (κ2) is 15.3. The maximum atomic E-state index is 10.1. The Morgan fingerprint density at radius 1 is 1.06 bits per heavy atom. The number of aliphatic hydroxyl groups excluding tert-OH is 1. The second-order valence-electron chi connectivity index (χ2n) is 8.07. The Hall–Kier alpha value is -2.58. The molecule has 188 valence electrons. The molecule has 0 radical (unpaired) electrons. The molecule has 2 aromatic carbocycles. The Bertz CT molecular complexity index is 795. The monoisotopic (exact) mass is 494 g/mol. The van der Waals surface area contributed by atoms with E-state index in [0.29, 0.717) is 18.1 Å². The van der Waals surface area contributed by atoms with Gasteiger partial charge in [0.25, 0.3) is 0 Å². The highest BCUT2D eigenvalue weighted by molar-refractivity contribution is 6.18. The summed E-state index contributed by atoms with van der Waals surface area (Å²) in [6.07, 6.45) is 2.03. The molecule has 0 aromatic heterocycles. The van der Waals surface area contributed by atoms with Crippen LogP contribution in [0.25, 0.3) is 0 Å². The summed E-state index contributed by atoms with van der Waals surface area (Å²) in [6.45, 7) is 11.2. The summed E-state index contributed by atoms with van der Waals surface area (Å²) in [5, 5.41) is 26.7. The van der Waals surface area contributed by atoms with E-state index < -0.39 is 5.97 Å². The van der Waals surface area contributed by atoms with Gasteiger partial charge >= 0.3 is 5.97 Å². The van der Waals surface area contributed by atoms with Gasteiger partial charge in [-0.2, -0.15) is 0 Å². The number of carbonyl (C=O) groups excluding carboxylic acids is 1. The third kappa shape index (κ3) is 12.6. The number of hydrogen-bond acceptors (Lipinski definition) is 7. The Kier molecular flexibility index (Phi) is 13.3. The van der Waals surface area contributed by atoms with Crippen LogP contribution < -0.4 is 0 Å². The van der Waals surface area contributed by atoms with Gasteiger partial charge in [-0.3, -0.25) is 0 Å². The lowest BCUT2D eigenvalue weighted by atomic mass is 9.78. The Labute approximate surface area is 206 Å². The number of aromatic hydroxyl groups is 2. The van der Waals surface area contributed by atoms with Crippen LogP contribution in [0, 0.1) is 0 Å². The van der Waals surface area contributed by atoms with Crippen LogP contribution in [0.15, 0.2) is 61.2 Å². The topological polar surface area (TPSA) is 112 Å². The Morgan fingerprint density at radius 3 is 1.71 bits per heavy atom. The zero-order chi connectivity index (χ0) is 25.6. The molecule has 2 unspecified atom stereocenters. The largest absolute Gasteiger partial charge is 0.508 e. The van der Waals surface area contributed by atoms with Crippen molar-refractivity contribution in [1.82, 2.24) is 0 Å². The molecule has 4 rings (SSSR count). The molecule has 0 aliphatic carbocycles. The smallest absolute Gasteiger partial charge is 0.330 e. The van der Waals surface area contributed by atoms with E-state index in [4.69, 9.17) is 26.2 Å². The van der Waals surface area contributed by atoms with Gasteiger partial charge in [0, 0.05) is 11.5 Å². The average molecular weight is 495 g/mol. The standard InChI is InChI=1S/C15H16O2.C5H8O3.C3H5ClO.C3H6O/c1-15(2,11-3-7-13(16)8-4-11)12-5-9-14(17)10-6-12;1-2-5(7)8-4-3-6;4-1-3-2-5-3;1-3-2-4-3/h3-10,16-17H,1-2H3;2,6H,1,3-4H2;3H,1-2H2;3H,2H2,1H3. The van der Waals surface area contributed by atoms with E-state index in [1.165, 1.54) is 0 Å². The van der Waals surface area contributed by atoms with Crippen LogP contribution in [0.3, 0.4) is 0 Å². The van der Waals surface area contributed by atoms with Crippen LogP contribution in [-0.2, 0) is 24.4 Å². The molecule has 2 fully saturated rings. The van der Waals surface area contributed by atoms with Gasteiger partial charge in [-0.1, -0.05) is 44.7 Å². The Morgan fingerprint density at radius 2 is 1.47 bits per heavy atom. The van der Waals surface area contributed by atoms with Crippen LogP contribution in [0.4, 0.5) is 0 Å². The summed E-state index contributed by atoms with van der Waals surface area (Å²) in [5.41, 5.74) is 2.10. The van der Waals surface area contributed by atoms with Crippen LogP contribution in [-0.4, -0.2) is 65.8 Å². The molecule has 3 N–H and O–H groups in total. The minimum absolute atomic E-state index is 0.0465. The predicted molar refractivity (Wildman–Crippen MR) is 132 cm³/mol. The fourth-order valence-corrected chi connectivity index (χ4v) is 2.56. The van der Waals surface area contributed by atoms with E-state index >= 15 is 0 Å². The van der Waals surface area contributed by atoms with Gasteiger partial charge in [0.1, 0.15) is 18.1 Å². The number of halogens is 1. The first-order chi connectivity index (χ1) is 16.1. The number of epoxide rings is 2. The van der Waals surface area contributed by atoms with E-state index in [1.54, 1.807) is 24.3 Å². The molecule has 2 aliphatic rings. The van der Waals surface area contributed by atoms with Gasteiger partial charge in [-0.25, -0.2) is 4.79 Å². The number of carbonyl (C=O) groups is 1. The van der Waals surface area contributed by atoms with Crippen molar-refractivity contribution in [2.45, 2.75) is 38.4 Å². The van der Waals surface area contributed by atoms with Crippen molar-refractivity contribution in [3.8, 4) is 11.5 Å². The van der Waals surface area contributed by atoms with Gasteiger partial charge in [0.05, 0.1) is 37.9 Å². The van der Waals surface area contributed by atoms with Crippen LogP contribution in [0.2, 0.25) is 0 Å². The predicted octanol–water partition coefficient (Wildman–Crippen LogP) is 4.16. The van der Waals surface area contributed by atoms with Crippen LogP contribution >= 0.6 is 11.6 Å². The summed E-state index contributed by atoms with van der Waals surface area (Å²) in [7, 11) is 0. The minimum atomic E-state index is -0.501. The summed E-state index contributed by atoms with van der Waals surface area (Å²) in [6, 6.07) is 14.4. The number of ether oxygens (including phenoxy) is 3. The molecule has 2 heterocycles. The minimum Gasteiger partial charge on any atom is -0.508 e. The number of alkyl halides is 1. The van der Waals surface area contributed by atoms with Crippen molar-refractivity contribution >= 4 is 17.6 Å². The van der Waals surface area contributed by atoms with E-state index in [2.05, 4.69) is 32.1 Å². The molecule has 2 aromatic rings. The molecule has 2 atom stereocenters. The van der Waals surface area contributed by atoms with E-state index in [-0.39, 0.29) is 30.1 Å². The van der Waals surface area contributed by atoms with Crippen molar-refractivity contribution in [1.29, 1.82) is 0 Å². The van der Waals surface area contributed by atoms with Gasteiger partial charge < -0.3 is 29.5 Å². The van der Waals surface area contributed by atoms with Gasteiger partial charge in [0.2, 0.25) is 0 Å². The molecule has 0 amide bonds. The molecule has 34 heavy (non-hydrogen) atoms. The summed E-state index contributed by atoms with van der Waals surface area (Å²) >= 11 is 5.27. The van der Waals surface area contributed by atoms with Crippen molar-refractivity contribution in [2.24, 2.45) is 0 Å². The van der Waals surface area contributed by atoms with Crippen molar-refractivity contribution < 1.29 is 34.3 Å². The molecule has 7 nitrogen and oxygen atoms in total. The van der Waals surface area contributed by atoms with E-state index in [0.717, 1.165) is 30.4 Å². The third-order valence-electron chi connectivity index (χ3n) is 4.75. The quantitative estimate of drug-likeness (QED) is 0.239. The number of aliphatic hydroxyl groups is 1. The fraction of sp³-hybridized carbons (Fsp3) is 0.423. The molecule has 2 aliphatic heterocycles. The maximum Gasteiger partial charge on any atom is 0.330 e. The lowest BCUT2D eigenvalue weighted by Gasteiger charge is -2.26. The van der Waals surface area contributed by atoms with Gasteiger partial charge in [0.15, 0.2) is 0 Å². The molecule has 0 spiro atoms. The first-order valence-corrected chi connectivity index (χ1v) is 11.5. The average Bonchev–Trinajstić information content (AvgIpc) is 3.76. The summed E-state index contributed by atoms with van der Waals surface area (Å²) in [5.74, 6) is 0.713. The normalized spacial score (nSPS) is 17.3. The number of esters is 1. The number of benzene rings is 2. The molecular weight excluding hydrogens is 460 g/mol. The zero-order valence-electron chi connectivity index (χ0n) is 19.9. The molecule has 2 saturated heterocycles. The summed E-state index contributed by atoms with van der Waals surface area (Å²) < 4.78 is 13.8. The third-order valence-corrected chi connectivity index (χ3v) is 5.10. The SMILES string of the molecule is C=CC(=O)OCCO.CC(C)(c1ccc(O)cc1)c1ccc(O)cc1.CC1CO1.ClCC1CO1. The number of hydrogen-bond donors (Lipinski definition) is 3. The van der Waals surface area contributed by atoms with Crippen molar-refractivity contribution in [3.05, 3.63) is 72.3 Å². The fourth-order valence-electron chi connectivity index (χ4n) is 2.38. The second-order valence-corrected chi connectivity index (χ2v) is 8.38. The summed E-state index contributed by atoms with van der Waals surface area (Å²) in [4.78, 5) is 10.1. The van der Waals surface area contributed by atoms with Crippen LogP contribution in [0.5, 0.6) is 11.5 Å². The highest BCUT2D eigenvalue weighted by Crippen LogP contribution is 2.32. The van der Waals surface area contributed by atoms with E-state index in [9.17, 15) is 15.0 Å². The van der Waals surface area contributed by atoms with Crippen molar-refractivity contribution in [3.63, 3.8) is 0 Å². The van der Waals surface area contributed by atoms with E-state index in [1.807, 2.05) is 24.3 Å². The molecular formula is C26H35ClO7. The van der Waals surface area contributed by atoms with Crippen LogP contribution in [0.1, 0.15) is 31.9 Å². The highest BCUT2D eigenvalue weighted by atomic mass is 35.5. The Balaban J connectivity index is 0.000000278. The highest BCUT2D eigenvalue weighted by Gasteiger charge is 2.22. The van der Waals surface area contributed by atoms with Gasteiger partial charge in [-0.15, -0.1) is 11.6 Å². The molecule has 0 bridgehead atoms. The van der Waals surface area contributed by atoms with Gasteiger partial charge in [-0.05, 0) is 42.3 Å². The lowest BCUT2D eigenvalue weighted by Crippen LogP contribution is -2.18.